The molecule has 524 valence electrons. The average Bonchev–Trinajstić information content (AvgIpc) is 0.749. The predicted molar refractivity (Wildman–Crippen MR) is 464 cm³/mol. The molecule has 7 heteroatoms. The van der Waals surface area contributed by atoms with E-state index < -0.39 is 0 Å². The Morgan fingerprint density at radius 2 is 0.446 bits per heavy atom. The molecule has 6 aromatic heterocycles. The molecule has 0 saturated heterocycles. The minimum absolute atomic E-state index is 0.715. The number of hydrogen-bond acceptors (Lipinski definition) is 7. The minimum Gasteiger partial charge on any atom is -0.255 e. The Kier molecular flexibility index (Phi) is 18.3. The Bertz CT molecular complexity index is 6220. The normalized spacial score (nSPS) is 11.2. The molecule has 0 aliphatic rings. The molecule has 0 aliphatic carbocycles. The Morgan fingerprint density at radius 3 is 0.830 bits per heavy atom. The lowest BCUT2D eigenvalue weighted by Gasteiger charge is -2.15. The topological polar surface area (TPSA) is 90.2 Å². The van der Waals surface area contributed by atoms with Crippen molar-refractivity contribution in [1.82, 2.24) is 34.9 Å². The Labute approximate surface area is 650 Å². The summed E-state index contributed by atoms with van der Waals surface area (Å²) in [7, 11) is 0. The zero-order valence-corrected chi connectivity index (χ0v) is 61.0. The van der Waals surface area contributed by atoms with Crippen LogP contribution in [0.1, 0.15) is 0 Å². The van der Waals surface area contributed by atoms with Gasteiger partial charge in [0.15, 0.2) is 5.82 Å². The average molecular weight is 1430 g/mol. The van der Waals surface area contributed by atoms with Crippen molar-refractivity contribution in [3.63, 3.8) is 0 Å². The maximum atomic E-state index is 5.23. The van der Waals surface area contributed by atoms with Crippen LogP contribution in [-0.4, -0.2) is 34.9 Å². The number of hydrogen-bond donors (Lipinski definition) is 0. The maximum absolute atomic E-state index is 5.23. The van der Waals surface area contributed by atoms with Gasteiger partial charge in [0.2, 0.25) is 0 Å². The Balaban J connectivity index is 0.000000151. The van der Waals surface area contributed by atoms with Crippen molar-refractivity contribution in [2.75, 3.05) is 0 Å². The Morgan fingerprint density at radius 1 is 0.152 bits per heavy atom. The zero-order chi connectivity index (χ0) is 74.5. The van der Waals surface area contributed by atoms with Crippen molar-refractivity contribution < 1.29 is 0 Å². The summed E-state index contributed by atoms with van der Waals surface area (Å²) in [6.45, 7) is 0. The van der Waals surface area contributed by atoms with Crippen molar-refractivity contribution >= 4 is 43.4 Å². The molecule has 0 amide bonds. The van der Waals surface area contributed by atoms with E-state index in [1.165, 1.54) is 55.3 Å². The van der Waals surface area contributed by atoms with E-state index >= 15 is 0 Å². The summed E-state index contributed by atoms with van der Waals surface area (Å²) in [5, 5.41) is 7.01. The minimum atomic E-state index is 0.715. The van der Waals surface area contributed by atoms with E-state index in [1.54, 1.807) is 12.4 Å². The molecular weight excluding hydrogens is 1360 g/mol. The van der Waals surface area contributed by atoms with Gasteiger partial charge in [-0.1, -0.05) is 352 Å². The van der Waals surface area contributed by atoms with Gasteiger partial charge in [0.25, 0.3) is 0 Å². The molecular formula is C105H69N7. The van der Waals surface area contributed by atoms with Crippen molar-refractivity contribution in [3.8, 4) is 157 Å². The SMILES string of the molecule is c1ccc(-c2ccc(-c3nc4ccccc4c4c(-c5ccc(-c6ccc(-c7cc(-c8ccccc8)nc(-c8ccccc8)n7)cc6)cc5)cccc34)cc2)cc1.c1ccc(-c2ccc(-c3nc4ccccc4c4c(-c5ccc(-c6ccc(-c7cc(-c8ccccn8)nc(-c8ccccn8)c7)cc6)cc5)cccc34)cc2)cc1. The second kappa shape index (κ2) is 30.3. The molecule has 14 aromatic carbocycles. The lowest BCUT2D eigenvalue weighted by Crippen LogP contribution is -1.95. The van der Waals surface area contributed by atoms with Crippen LogP contribution in [-0.2, 0) is 0 Å². The first-order chi connectivity index (χ1) is 55.5. The van der Waals surface area contributed by atoms with Crippen LogP contribution in [0.25, 0.3) is 200 Å². The standard InChI is InChI=1S/C53H35N3.C52H34N4/c1-4-13-36(14-5-1)37-27-33-43(34-28-37)52-47-21-12-20-45(51(47)46-19-10-11-22-48(46)54-52)40-29-23-38(24-30-40)39-25-31-42(32-26-39)50-35-49(41-15-6-2-7-16-41)55-53(56-50)44-17-8-3-9-18-44;1-2-11-35(12-3-1)36-25-29-41(30-26-36)52-45-15-10-14-43(51(45)44-13-4-5-16-46(44)56-52)40-27-23-38(24-28-40)37-19-21-39(22-20-37)42-33-49(47-17-6-8-31-53-47)55-50(34-42)48-18-7-9-32-54-48/h1-35H;1-34H. The summed E-state index contributed by atoms with van der Waals surface area (Å²) in [6, 6.07) is 143. The zero-order valence-electron chi connectivity index (χ0n) is 61.0. The Hall–Kier alpha value is -15.1. The van der Waals surface area contributed by atoms with Crippen molar-refractivity contribution in [1.29, 1.82) is 0 Å². The van der Waals surface area contributed by atoms with Crippen molar-refractivity contribution in [2.24, 2.45) is 0 Å². The molecule has 20 aromatic rings. The fourth-order valence-corrected chi connectivity index (χ4v) is 15.3. The van der Waals surface area contributed by atoms with Gasteiger partial charge in [0, 0.05) is 72.5 Å². The highest BCUT2D eigenvalue weighted by Gasteiger charge is 2.20. The van der Waals surface area contributed by atoms with Crippen LogP contribution >= 0.6 is 0 Å². The molecule has 0 atom stereocenters. The molecule has 0 unspecified atom stereocenters. The second-order valence-corrected chi connectivity index (χ2v) is 27.9. The molecule has 20 rings (SSSR count). The first kappa shape index (κ1) is 67.5. The highest BCUT2D eigenvalue weighted by atomic mass is 14.9. The van der Waals surface area contributed by atoms with E-state index in [2.05, 4.69) is 344 Å². The maximum Gasteiger partial charge on any atom is 0.160 e. The number of benzene rings is 14. The summed E-state index contributed by atoms with van der Waals surface area (Å²) in [5.74, 6) is 0.715. The van der Waals surface area contributed by atoms with Crippen molar-refractivity contribution in [2.45, 2.75) is 0 Å². The van der Waals surface area contributed by atoms with E-state index in [9.17, 15) is 0 Å². The van der Waals surface area contributed by atoms with Crippen LogP contribution in [0, 0.1) is 0 Å². The summed E-state index contributed by atoms with van der Waals surface area (Å²) in [4.78, 5) is 34.5. The van der Waals surface area contributed by atoms with Gasteiger partial charge < -0.3 is 0 Å². The van der Waals surface area contributed by atoms with Crippen molar-refractivity contribution in [3.05, 3.63) is 419 Å². The number of pyridine rings is 5. The molecule has 0 N–H and O–H groups in total. The molecule has 0 saturated carbocycles. The van der Waals surface area contributed by atoms with Gasteiger partial charge in [-0.2, -0.15) is 0 Å². The van der Waals surface area contributed by atoms with Crippen LogP contribution in [0.5, 0.6) is 0 Å². The van der Waals surface area contributed by atoms with E-state index in [4.69, 9.17) is 24.9 Å². The molecule has 0 fully saturated rings. The molecule has 7 nitrogen and oxygen atoms in total. The first-order valence-electron chi connectivity index (χ1n) is 37.7. The van der Waals surface area contributed by atoms with E-state index in [0.717, 1.165) is 139 Å². The number of nitrogens with zero attached hydrogens (tertiary/aromatic N) is 7. The predicted octanol–water partition coefficient (Wildman–Crippen LogP) is 27.1. The van der Waals surface area contributed by atoms with Gasteiger partial charge in [0.05, 0.1) is 56.6 Å². The fraction of sp³-hybridized carbons (Fsp3) is 0. The van der Waals surface area contributed by atoms with Crippen LogP contribution in [0.15, 0.2) is 419 Å². The van der Waals surface area contributed by atoms with Gasteiger partial charge in [-0.05, 0) is 132 Å². The van der Waals surface area contributed by atoms with E-state index in [1.807, 2.05) is 72.8 Å². The number of fused-ring (bicyclic) bond motifs is 6. The largest absolute Gasteiger partial charge is 0.255 e. The van der Waals surface area contributed by atoms with E-state index in [0.29, 0.717) is 5.82 Å². The van der Waals surface area contributed by atoms with Crippen LogP contribution < -0.4 is 0 Å². The van der Waals surface area contributed by atoms with Crippen LogP contribution in [0.2, 0.25) is 0 Å². The quantitative estimate of drug-likeness (QED) is 0.100. The highest BCUT2D eigenvalue weighted by molar-refractivity contribution is 6.18. The fourth-order valence-electron chi connectivity index (χ4n) is 15.3. The van der Waals surface area contributed by atoms with E-state index in [-0.39, 0.29) is 0 Å². The molecule has 112 heavy (non-hydrogen) atoms. The highest BCUT2D eigenvalue weighted by Crippen LogP contribution is 2.43. The molecule has 0 aliphatic heterocycles. The third kappa shape index (κ3) is 13.7. The summed E-state index contributed by atoms with van der Waals surface area (Å²) in [5.41, 5.74) is 30.6. The van der Waals surface area contributed by atoms with Gasteiger partial charge in [0.1, 0.15) is 0 Å². The monoisotopic (exact) mass is 1430 g/mol. The molecule has 0 spiro atoms. The lowest BCUT2D eigenvalue weighted by atomic mass is 9.91. The molecule has 0 radical (unpaired) electrons. The van der Waals surface area contributed by atoms with Gasteiger partial charge in [-0.25, -0.2) is 24.9 Å². The summed E-state index contributed by atoms with van der Waals surface area (Å²) in [6.07, 6.45) is 3.60. The summed E-state index contributed by atoms with van der Waals surface area (Å²) >= 11 is 0. The number of aromatic nitrogens is 7. The first-order valence-corrected chi connectivity index (χ1v) is 37.7. The number of rotatable bonds is 14. The summed E-state index contributed by atoms with van der Waals surface area (Å²) < 4.78 is 0. The van der Waals surface area contributed by atoms with Gasteiger partial charge in [-0.15, -0.1) is 0 Å². The number of para-hydroxylation sites is 2. The smallest absolute Gasteiger partial charge is 0.160 e. The third-order valence-electron chi connectivity index (χ3n) is 20.9. The van der Waals surface area contributed by atoms with Crippen LogP contribution in [0.4, 0.5) is 0 Å². The van der Waals surface area contributed by atoms with Gasteiger partial charge in [-0.3, -0.25) is 9.97 Å². The second-order valence-electron chi connectivity index (χ2n) is 27.9. The molecule has 0 bridgehead atoms. The van der Waals surface area contributed by atoms with Gasteiger partial charge >= 0.3 is 0 Å². The van der Waals surface area contributed by atoms with Crippen LogP contribution in [0.3, 0.4) is 0 Å². The third-order valence-corrected chi connectivity index (χ3v) is 20.9. The lowest BCUT2D eigenvalue weighted by molar-refractivity contribution is 1.18. The molecule has 6 heterocycles.